The summed E-state index contributed by atoms with van der Waals surface area (Å²) in [6, 6.07) is 5.19. The van der Waals surface area contributed by atoms with E-state index in [1.807, 2.05) is 4.57 Å². The van der Waals surface area contributed by atoms with Crippen LogP contribution in [0.2, 0.25) is 0 Å². The molecule has 0 aliphatic carbocycles. The molecular weight excluding hydrogens is 471 g/mol. The van der Waals surface area contributed by atoms with Gasteiger partial charge in [0.1, 0.15) is 7.40 Å². The third kappa shape index (κ3) is 3.16. The third-order valence-corrected chi connectivity index (χ3v) is 5.32. The summed E-state index contributed by atoms with van der Waals surface area (Å²) in [5.41, 5.74) is 0.191. The van der Waals surface area contributed by atoms with Crippen LogP contribution in [0.4, 0.5) is 13.2 Å². The second-order valence-electron chi connectivity index (χ2n) is 3.65. The van der Waals surface area contributed by atoms with Crippen molar-refractivity contribution in [3.8, 4) is 0 Å². The van der Waals surface area contributed by atoms with E-state index in [9.17, 15) is 13.2 Å². The number of halogens is 5. The molecule has 0 radical (unpaired) electrons. The lowest BCUT2D eigenvalue weighted by atomic mass is 10.1. The van der Waals surface area contributed by atoms with Gasteiger partial charge in [0, 0.05) is 6.54 Å². The predicted octanol–water partition coefficient (Wildman–Crippen LogP) is 4.16. The number of nitrogens with zero attached hydrogens (tertiary/aromatic N) is 2. The number of benzene rings is 1. The Balaban J connectivity index is 2.19. The first-order valence-electron chi connectivity index (χ1n) is 4.90. The zero-order valence-corrected chi connectivity index (χ0v) is 13.2. The molecule has 0 bridgehead atoms. The van der Waals surface area contributed by atoms with Crippen LogP contribution in [0.5, 0.6) is 0 Å². The molecule has 2 rings (SSSR count). The van der Waals surface area contributed by atoms with Crippen molar-refractivity contribution in [3.05, 3.63) is 49.1 Å². The molecule has 1 aromatic heterocycles. The lowest BCUT2D eigenvalue weighted by molar-refractivity contribution is -0.137. The van der Waals surface area contributed by atoms with E-state index in [2.05, 4.69) is 50.2 Å². The number of imidazole rings is 1. The van der Waals surface area contributed by atoms with Gasteiger partial charge in [0.15, 0.2) is 0 Å². The first-order chi connectivity index (χ1) is 8.38. The minimum Gasteiger partial charge on any atom is -0.321 e. The van der Waals surface area contributed by atoms with Gasteiger partial charge in [-0.3, -0.25) is 0 Å². The van der Waals surface area contributed by atoms with Crippen LogP contribution in [0.25, 0.3) is 0 Å². The molecule has 0 amide bonds. The van der Waals surface area contributed by atoms with Crippen LogP contribution >= 0.6 is 45.2 Å². The van der Waals surface area contributed by atoms with Gasteiger partial charge in [0.2, 0.25) is 0 Å². The molecule has 0 fully saturated rings. The van der Waals surface area contributed by atoms with Gasteiger partial charge in [0.25, 0.3) is 0 Å². The molecule has 7 heteroatoms. The fraction of sp³-hybridized carbons (Fsp3) is 0.182. The molecule has 1 heterocycles. The van der Waals surface area contributed by atoms with E-state index in [-0.39, 0.29) is 0 Å². The number of alkyl halides is 3. The van der Waals surface area contributed by atoms with Crippen molar-refractivity contribution in [3.63, 3.8) is 0 Å². The second kappa shape index (κ2) is 5.35. The molecule has 96 valence electrons. The molecule has 0 atom stereocenters. The first-order valence-corrected chi connectivity index (χ1v) is 7.06. The minimum atomic E-state index is -4.28. The van der Waals surface area contributed by atoms with E-state index in [0.29, 0.717) is 6.54 Å². The van der Waals surface area contributed by atoms with Gasteiger partial charge >= 0.3 is 6.18 Å². The van der Waals surface area contributed by atoms with Crippen LogP contribution in [0.1, 0.15) is 11.1 Å². The Labute approximate surface area is 129 Å². The Morgan fingerprint density at radius 1 is 1.11 bits per heavy atom. The van der Waals surface area contributed by atoms with Gasteiger partial charge < -0.3 is 4.57 Å². The average molecular weight is 478 g/mol. The standard InChI is InChI=1S/C11H7F3I2N2/c12-11(13,14)8-3-1-7(2-4-8)5-18-6-17-9(15)10(18)16/h1-4,6H,5H2. The van der Waals surface area contributed by atoms with E-state index in [1.165, 1.54) is 12.1 Å². The zero-order valence-electron chi connectivity index (χ0n) is 8.88. The predicted molar refractivity (Wildman–Crippen MR) is 78.2 cm³/mol. The van der Waals surface area contributed by atoms with Crippen molar-refractivity contribution < 1.29 is 13.2 Å². The number of hydrogen-bond donors (Lipinski definition) is 0. The monoisotopic (exact) mass is 478 g/mol. The summed E-state index contributed by atoms with van der Waals surface area (Å²) in [7, 11) is 0. The fourth-order valence-electron chi connectivity index (χ4n) is 1.45. The zero-order chi connectivity index (χ0) is 13.3. The van der Waals surface area contributed by atoms with Crippen LogP contribution in [-0.2, 0) is 12.7 Å². The highest BCUT2D eigenvalue weighted by atomic mass is 127. The molecule has 1 aromatic carbocycles. The molecule has 18 heavy (non-hydrogen) atoms. The van der Waals surface area contributed by atoms with Crippen molar-refractivity contribution in [2.24, 2.45) is 0 Å². The fourth-order valence-corrected chi connectivity index (χ4v) is 2.32. The molecule has 2 aromatic rings. The van der Waals surface area contributed by atoms with Crippen LogP contribution in [0.15, 0.2) is 30.6 Å². The maximum absolute atomic E-state index is 12.4. The Bertz CT molecular complexity index is 546. The highest BCUT2D eigenvalue weighted by Crippen LogP contribution is 2.29. The molecular formula is C11H7F3I2N2. The molecule has 0 unspecified atom stereocenters. The molecule has 0 saturated heterocycles. The molecule has 0 spiro atoms. The second-order valence-corrected chi connectivity index (χ2v) is 5.69. The van der Waals surface area contributed by atoms with Crippen molar-refractivity contribution in [1.29, 1.82) is 0 Å². The lowest BCUT2D eigenvalue weighted by Crippen LogP contribution is -2.06. The summed E-state index contributed by atoms with van der Waals surface area (Å²) in [5.74, 6) is 0. The quantitative estimate of drug-likeness (QED) is 0.594. The van der Waals surface area contributed by atoms with Crippen LogP contribution in [-0.4, -0.2) is 9.55 Å². The summed E-state index contributed by atoms with van der Waals surface area (Å²) in [5, 5.41) is 0. The van der Waals surface area contributed by atoms with Crippen molar-refractivity contribution in [1.82, 2.24) is 9.55 Å². The Morgan fingerprint density at radius 3 is 2.17 bits per heavy atom. The number of aromatic nitrogens is 2. The summed E-state index contributed by atoms with van der Waals surface area (Å²) < 4.78 is 41.0. The highest BCUT2D eigenvalue weighted by Gasteiger charge is 2.29. The number of hydrogen-bond acceptors (Lipinski definition) is 1. The number of rotatable bonds is 2. The van der Waals surface area contributed by atoms with Crippen molar-refractivity contribution in [2.45, 2.75) is 12.7 Å². The average Bonchev–Trinajstić information content (AvgIpc) is 2.61. The molecule has 0 saturated carbocycles. The van der Waals surface area contributed by atoms with E-state index >= 15 is 0 Å². The van der Waals surface area contributed by atoms with Gasteiger partial charge in [-0.25, -0.2) is 4.98 Å². The molecule has 0 aliphatic rings. The maximum atomic E-state index is 12.4. The van der Waals surface area contributed by atoms with E-state index < -0.39 is 11.7 Å². The molecule has 2 nitrogen and oxygen atoms in total. The maximum Gasteiger partial charge on any atom is 0.416 e. The van der Waals surface area contributed by atoms with Crippen molar-refractivity contribution in [2.75, 3.05) is 0 Å². The van der Waals surface area contributed by atoms with Crippen LogP contribution in [0, 0.1) is 7.40 Å². The smallest absolute Gasteiger partial charge is 0.321 e. The van der Waals surface area contributed by atoms with Gasteiger partial charge in [-0.05, 0) is 62.9 Å². The highest BCUT2D eigenvalue weighted by molar-refractivity contribution is 14.1. The van der Waals surface area contributed by atoms with Gasteiger partial charge in [-0.1, -0.05) is 12.1 Å². The van der Waals surface area contributed by atoms with Crippen LogP contribution < -0.4 is 0 Å². The topological polar surface area (TPSA) is 17.8 Å². The summed E-state index contributed by atoms with van der Waals surface area (Å²) >= 11 is 4.27. The van der Waals surface area contributed by atoms with Crippen LogP contribution in [0.3, 0.4) is 0 Å². The Kier molecular flexibility index (Phi) is 4.19. The molecule has 0 N–H and O–H groups in total. The van der Waals surface area contributed by atoms with E-state index in [0.717, 1.165) is 25.1 Å². The normalized spacial score (nSPS) is 11.8. The summed E-state index contributed by atoms with van der Waals surface area (Å²) in [4.78, 5) is 4.13. The van der Waals surface area contributed by atoms with Gasteiger partial charge in [0.05, 0.1) is 11.9 Å². The lowest BCUT2D eigenvalue weighted by Gasteiger charge is -2.08. The van der Waals surface area contributed by atoms with E-state index in [1.54, 1.807) is 6.33 Å². The SMILES string of the molecule is FC(F)(F)c1ccc(Cn2cnc(I)c2I)cc1. The summed E-state index contributed by atoms with van der Waals surface area (Å²) in [6.07, 6.45) is -2.60. The van der Waals surface area contributed by atoms with Crippen molar-refractivity contribution >= 4 is 45.2 Å². The third-order valence-electron chi connectivity index (χ3n) is 2.37. The van der Waals surface area contributed by atoms with E-state index in [4.69, 9.17) is 0 Å². The Morgan fingerprint density at radius 2 is 1.72 bits per heavy atom. The van der Waals surface area contributed by atoms with Gasteiger partial charge in [-0.15, -0.1) is 0 Å². The minimum absolute atomic E-state index is 0.520. The molecule has 0 aliphatic heterocycles. The Hall–Kier alpha value is -0.320. The summed E-state index contributed by atoms with van der Waals surface area (Å²) in [6.45, 7) is 0.520. The van der Waals surface area contributed by atoms with Gasteiger partial charge in [-0.2, -0.15) is 13.2 Å². The largest absolute Gasteiger partial charge is 0.416 e. The first kappa shape index (κ1) is 14.1.